The van der Waals surface area contributed by atoms with Gasteiger partial charge in [0.05, 0.1) is 11.3 Å². The average molecular weight is 369 g/mol. The van der Waals surface area contributed by atoms with E-state index in [0.717, 1.165) is 0 Å². The number of benzene rings is 2. The van der Waals surface area contributed by atoms with Crippen molar-refractivity contribution in [1.82, 2.24) is 0 Å². The van der Waals surface area contributed by atoms with Crippen LogP contribution in [0.15, 0.2) is 42.5 Å². The topological polar surface area (TPSA) is 103 Å². The first-order chi connectivity index (χ1) is 13.0. The summed E-state index contributed by atoms with van der Waals surface area (Å²) in [5.41, 5.74) is 7.11. The van der Waals surface area contributed by atoms with Gasteiger partial charge < -0.3 is 25.8 Å². The van der Waals surface area contributed by atoms with Crippen LogP contribution in [-0.4, -0.2) is 31.1 Å². The van der Waals surface area contributed by atoms with Gasteiger partial charge >= 0.3 is 0 Å². The molecule has 1 aliphatic rings. The van der Waals surface area contributed by atoms with Gasteiger partial charge in [0.15, 0.2) is 11.5 Å². The third kappa shape index (κ3) is 4.98. The number of para-hydroxylation sites is 1. The van der Waals surface area contributed by atoms with Gasteiger partial charge in [0.25, 0.3) is 5.91 Å². The number of rotatable bonds is 6. The Balaban J connectivity index is 1.70. The highest BCUT2D eigenvalue weighted by molar-refractivity contribution is 6.10. The minimum absolute atomic E-state index is 0.0514. The molecule has 1 unspecified atom stereocenters. The Morgan fingerprint density at radius 3 is 2.59 bits per heavy atom. The van der Waals surface area contributed by atoms with Gasteiger partial charge in [-0.15, -0.1) is 0 Å². The van der Waals surface area contributed by atoms with E-state index in [0.29, 0.717) is 54.5 Å². The van der Waals surface area contributed by atoms with Crippen LogP contribution in [0, 0.1) is 0 Å². The predicted octanol–water partition coefficient (Wildman–Crippen LogP) is 2.78. The maximum absolute atomic E-state index is 12.7. The average Bonchev–Trinajstić information content (AvgIpc) is 2.66. The minimum Gasteiger partial charge on any atom is -0.486 e. The summed E-state index contributed by atoms with van der Waals surface area (Å²) in [4.78, 5) is 24.8. The Labute approximate surface area is 157 Å². The molecule has 7 nitrogen and oxygen atoms in total. The van der Waals surface area contributed by atoms with Crippen molar-refractivity contribution in [3.63, 3.8) is 0 Å². The van der Waals surface area contributed by atoms with Crippen LogP contribution in [0.3, 0.4) is 0 Å². The fourth-order valence-corrected chi connectivity index (χ4v) is 2.68. The van der Waals surface area contributed by atoms with Crippen LogP contribution in [0.5, 0.6) is 11.5 Å². The van der Waals surface area contributed by atoms with Gasteiger partial charge in [-0.3, -0.25) is 9.59 Å². The fourth-order valence-electron chi connectivity index (χ4n) is 2.68. The minimum atomic E-state index is -0.324. The van der Waals surface area contributed by atoms with Crippen molar-refractivity contribution in [1.29, 1.82) is 0 Å². The van der Waals surface area contributed by atoms with Gasteiger partial charge in [-0.2, -0.15) is 0 Å². The Kier molecular flexibility index (Phi) is 5.93. The first kappa shape index (κ1) is 18.7. The number of anilines is 2. The molecule has 4 N–H and O–H groups in total. The summed E-state index contributed by atoms with van der Waals surface area (Å²) in [5, 5.41) is 5.61. The zero-order valence-corrected chi connectivity index (χ0v) is 15.2. The van der Waals surface area contributed by atoms with Crippen molar-refractivity contribution in [3.05, 3.63) is 48.0 Å². The van der Waals surface area contributed by atoms with Gasteiger partial charge in [0.1, 0.15) is 13.2 Å². The summed E-state index contributed by atoms with van der Waals surface area (Å²) in [6.45, 7) is 2.83. The molecule has 1 atom stereocenters. The molecule has 142 valence electrons. The number of fused-ring (bicyclic) bond motifs is 1. The Bertz CT molecular complexity index is 836. The summed E-state index contributed by atoms with van der Waals surface area (Å²) < 4.78 is 11.0. The van der Waals surface area contributed by atoms with E-state index in [1.54, 1.807) is 42.5 Å². The first-order valence-electron chi connectivity index (χ1n) is 8.88. The van der Waals surface area contributed by atoms with E-state index in [4.69, 9.17) is 15.2 Å². The molecule has 0 aromatic heterocycles. The lowest BCUT2D eigenvalue weighted by Gasteiger charge is -2.19. The van der Waals surface area contributed by atoms with Gasteiger partial charge in [0.2, 0.25) is 5.91 Å². The number of amides is 2. The largest absolute Gasteiger partial charge is 0.486 e. The van der Waals surface area contributed by atoms with Gasteiger partial charge in [-0.05, 0) is 37.6 Å². The quantitative estimate of drug-likeness (QED) is 0.727. The normalized spacial score (nSPS) is 13.6. The molecule has 0 saturated heterocycles. The van der Waals surface area contributed by atoms with Gasteiger partial charge in [-0.1, -0.05) is 12.1 Å². The highest BCUT2D eigenvalue weighted by atomic mass is 16.6. The predicted molar refractivity (Wildman–Crippen MR) is 103 cm³/mol. The smallest absolute Gasteiger partial charge is 0.257 e. The maximum atomic E-state index is 12.7. The van der Waals surface area contributed by atoms with E-state index in [9.17, 15) is 9.59 Å². The SMILES string of the molecule is CC(N)CCC(=O)Nc1ccccc1C(=O)Nc1ccc2c(c1)OCCO2. The number of carbonyl (C=O) groups excluding carboxylic acids is 2. The third-order valence-corrected chi connectivity index (χ3v) is 4.07. The van der Waals surface area contributed by atoms with Crippen LogP contribution in [-0.2, 0) is 4.79 Å². The molecule has 0 saturated carbocycles. The molecule has 0 fully saturated rings. The van der Waals surface area contributed by atoms with Crippen molar-refractivity contribution >= 4 is 23.2 Å². The molecule has 1 aliphatic heterocycles. The zero-order valence-electron chi connectivity index (χ0n) is 15.2. The lowest BCUT2D eigenvalue weighted by atomic mass is 10.1. The van der Waals surface area contributed by atoms with Crippen molar-refractivity contribution in [2.45, 2.75) is 25.8 Å². The van der Waals surface area contributed by atoms with Crippen LogP contribution >= 0.6 is 0 Å². The molecule has 0 radical (unpaired) electrons. The molecule has 0 aliphatic carbocycles. The third-order valence-electron chi connectivity index (χ3n) is 4.07. The standard InChI is InChI=1S/C20H23N3O4/c1-13(21)6-9-19(24)23-16-5-3-2-4-15(16)20(25)22-14-7-8-17-18(12-14)27-11-10-26-17/h2-5,7-8,12-13H,6,9-11,21H2,1H3,(H,22,25)(H,23,24). The van der Waals surface area contributed by atoms with Crippen LogP contribution in [0.2, 0.25) is 0 Å². The number of carbonyl (C=O) groups is 2. The molecule has 27 heavy (non-hydrogen) atoms. The summed E-state index contributed by atoms with van der Waals surface area (Å²) in [5.74, 6) is 0.749. The van der Waals surface area contributed by atoms with Crippen LogP contribution in [0.4, 0.5) is 11.4 Å². The van der Waals surface area contributed by atoms with Crippen LogP contribution < -0.4 is 25.8 Å². The summed E-state index contributed by atoms with van der Waals surface area (Å²) in [6, 6.07) is 12.0. The van der Waals surface area contributed by atoms with E-state index >= 15 is 0 Å². The molecular formula is C20H23N3O4. The first-order valence-corrected chi connectivity index (χ1v) is 8.88. The Morgan fingerprint density at radius 2 is 1.81 bits per heavy atom. The molecule has 3 rings (SSSR count). The van der Waals surface area contributed by atoms with Gasteiger partial charge in [0, 0.05) is 24.2 Å². The second-order valence-corrected chi connectivity index (χ2v) is 6.42. The molecular weight excluding hydrogens is 346 g/mol. The highest BCUT2D eigenvalue weighted by Crippen LogP contribution is 2.32. The number of hydrogen-bond donors (Lipinski definition) is 3. The maximum Gasteiger partial charge on any atom is 0.257 e. The second kappa shape index (κ2) is 8.55. The Hall–Kier alpha value is -3.06. The molecule has 0 spiro atoms. The molecule has 7 heteroatoms. The summed E-state index contributed by atoms with van der Waals surface area (Å²) in [6.07, 6.45) is 0.882. The van der Waals surface area contributed by atoms with Crippen molar-refractivity contribution < 1.29 is 19.1 Å². The van der Waals surface area contributed by atoms with Crippen LogP contribution in [0.1, 0.15) is 30.1 Å². The van der Waals surface area contributed by atoms with Crippen molar-refractivity contribution in [3.8, 4) is 11.5 Å². The van der Waals surface area contributed by atoms with E-state index in [-0.39, 0.29) is 17.9 Å². The molecule has 2 aromatic rings. The molecule has 1 heterocycles. The molecule has 2 aromatic carbocycles. The summed E-state index contributed by atoms with van der Waals surface area (Å²) in [7, 11) is 0. The monoisotopic (exact) mass is 369 g/mol. The van der Waals surface area contributed by atoms with E-state index in [2.05, 4.69) is 10.6 Å². The highest BCUT2D eigenvalue weighted by Gasteiger charge is 2.16. The van der Waals surface area contributed by atoms with Crippen molar-refractivity contribution in [2.75, 3.05) is 23.8 Å². The molecule has 2 amide bonds. The lowest BCUT2D eigenvalue weighted by molar-refractivity contribution is -0.116. The number of hydrogen-bond acceptors (Lipinski definition) is 5. The Morgan fingerprint density at radius 1 is 1.07 bits per heavy atom. The van der Waals surface area contributed by atoms with E-state index < -0.39 is 0 Å². The summed E-state index contributed by atoms with van der Waals surface area (Å²) >= 11 is 0. The van der Waals surface area contributed by atoms with E-state index in [1.165, 1.54) is 0 Å². The number of nitrogens with one attached hydrogen (secondary N) is 2. The molecule has 0 bridgehead atoms. The lowest BCUT2D eigenvalue weighted by Crippen LogP contribution is -2.21. The fraction of sp³-hybridized carbons (Fsp3) is 0.300. The zero-order chi connectivity index (χ0) is 19.2. The number of nitrogens with two attached hydrogens (primary N) is 1. The number of ether oxygens (including phenoxy) is 2. The van der Waals surface area contributed by atoms with Crippen LogP contribution in [0.25, 0.3) is 0 Å². The van der Waals surface area contributed by atoms with Crippen molar-refractivity contribution in [2.24, 2.45) is 5.73 Å². The second-order valence-electron chi connectivity index (χ2n) is 6.42. The van der Waals surface area contributed by atoms with Gasteiger partial charge in [-0.25, -0.2) is 0 Å². The van der Waals surface area contributed by atoms with E-state index in [1.807, 2.05) is 6.92 Å².